The van der Waals surface area contributed by atoms with Crippen LogP contribution in [0.25, 0.3) is 0 Å². The number of benzene rings is 1. The molecule has 22 heavy (non-hydrogen) atoms. The van der Waals surface area contributed by atoms with Gasteiger partial charge in [0.2, 0.25) is 0 Å². The standard InChI is InChI=1S/C16H18FN3O2/c1-3-18-16(21)12-5-7-15(20-10-12)19-9-11-4-6-14(22-2)13(17)8-11/h4-8,10H,3,9H2,1-2H3,(H,18,21)(H,19,20). The van der Waals surface area contributed by atoms with Gasteiger partial charge in [0, 0.05) is 19.3 Å². The molecule has 0 saturated heterocycles. The Hall–Kier alpha value is -2.63. The van der Waals surface area contributed by atoms with Crippen molar-refractivity contribution in [1.29, 1.82) is 0 Å². The number of hydrogen-bond acceptors (Lipinski definition) is 4. The molecule has 0 fully saturated rings. The molecule has 5 nitrogen and oxygen atoms in total. The number of aromatic nitrogens is 1. The molecule has 0 aliphatic carbocycles. The van der Waals surface area contributed by atoms with Gasteiger partial charge in [-0.05, 0) is 36.8 Å². The number of nitrogens with one attached hydrogen (secondary N) is 2. The molecular formula is C16H18FN3O2. The smallest absolute Gasteiger partial charge is 0.252 e. The molecule has 0 radical (unpaired) electrons. The van der Waals surface area contributed by atoms with E-state index < -0.39 is 5.82 Å². The Balaban J connectivity index is 1.97. The molecule has 2 aromatic rings. The van der Waals surface area contributed by atoms with Crippen molar-refractivity contribution in [2.24, 2.45) is 0 Å². The Labute approximate surface area is 128 Å². The predicted molar refractivity (Wildman–Crippen MR) is 82.5 cm³/mol. The third-order valence-electron chi connectivity index (χ3n) is 3.05. The van der Waals surface area contributed by atoms with E-state index in [0.29, 0.717) is 24.5 Å². The second-order valence-corrected chi connectivity index (χ2v) is 4.61. The van der Waals surface area contributed by atoms with Crippen molar-refractivity contribution in [1.82, 2.24) is 10.3 Å². The fourth-order valence-corrected chi connectivity index (χ4v) is 1.91. The van der Waals surface area contributed by atoms with Gasteiger partial charge in [-0.2, -0.15) is 0 Å². The second-order valence-electron chi connectivity index (χ2n) is 4.61. The van der Waals surface area contributed by atoms with Gasteiger partial charge in [0.05, 0.1) is 12.7 Å². The number of ether oxygens (including phenoxy) is 1. The highest BCUT2D eigenvalue weighted by Crippen LogP contribution is 2.18. The lowest BCUT2D eigenvalue weighted by Gasteiger charge is -2.08. The maximum absolute atomic E-state index is 13.6. The van der Waals surface area contributed by atoms with Crippen LogP contribution in [0.4, 0.5) is 10.2 Å². The Kier molecular flexibility index (Phi) is 5.30. The average Bonchev–Trinajstić information content (AvgIpc) is 2.54. The molecule has 116 valence electrons. The summed E-state index contributed by atoms with van der Waals surface area (Å²) in [4.78, 5) is 15.8. The van der Waals surface area contributed by atoms with Gasteiger partial charge < -0.3 is 15.4 Å². The Morgan fingerprint density at radius 3 is 2.73 bits per heavy atom. The van der Waals surface area contributed by atoms with Crippen LogP contribution >= 0.6 is 0 Å². The molecule has 0 saturated carbocycles. The van der Waals surface area contributed by atoms with Gasteiger partial charge in [-0.3, -0.25) is 4.79 Å². The van der Waals surface area contributed by atoms with Crippen molar-refractivity contribution >= 4 is 11.7 Å². The van der Waals surface area contributed by atoms with Crippen molar-refractivity contribution in [2.45, 2.75) is 13.5 Å². The zero-order valence-corrected chi connectivity index (χ0v) is 12.5. The summed E-state index contributed by atoms with van der Waals surface area (Å²) in [6.07, 6.45) is 1.50. The quantitative estimate of drug-likeness (QED) is 0.861. The molecule has 2 rings (SSSR count). The number of nitrogens with zero attached hydrogens (tertiary/aromatic N) is 1. The number of carbonyl (C=O) groups is 1. The summed E-state index contributed by atoms with van der Waals surface area (Å²) in [5.41, 5.74) is 1.27. The Morgan fingerprint density at radius 1 is 1.32 bits per heavy atom. The van der Waals surface area contributed by atoms with Crippen LogP contribution in [-0.2, 0) is 6.54 Å². The van der Waals surface area contributed by atoms with Crippen LogP contribution in [0.15, 0.2) is 36.5 Å². The summed E-state index contributed by atoms with van der Waals surface area (Å²) >= 11 is 0. The molecule has 1 amide bonds. The molecule has 0 spiro atoms. The fraction of sp³-hybridized carbons (Fsp3) is 0.250. The van der Waals surface area contributed by atoms with Gasteiger partial charge in [0.15, 0.2) is 11.6 Å². The molecular weight excluding hydrogens is 285 g/mol. The number of methoxy groups -OCH3 is 1. The van der Waals surface area contributed by atoms with Crippen molar-refractivity contribution in [3.63, 3.8) is 0 Å². The maximum Gasteiger partial charge on any atom is 0.252 e. The summed E-state index contributed by atoms with van der Waals surface area (Å²) in [6.45, 7) is 2.85. The first-order chi connectivity index (χ1) is 10.6. The van der Waals surface area contributed by atoms with Crippen molar-refractivity contribution < 1.29 is 13.9 Å². The van der Waals surface area contributed by atoms with E-state index in [1.807, 2.05) is 6.92 Å². The highest BCUT2D eigenvalue weighted by Gasteiger charge is 2.06. The maximum atomic E-state index is 13.6. The number of pyridine rings is 1. The fourth-order valence-electron chi connectivity index (χ4n) is 1.91. The van der Waals surface area contributed by atoms with Crippen LogP contribution < -0.4 is 15.4 Å². The van der Waals surface area contributed by atoms with Gasteiger partial charge in [-0.1, -0.05) is 6.07 Å². The molecule has 0 unspecified atom stereocenters. The van der Waals surface area contributed by atoms with E-state index in [2.05, 4.69) is 15.6 Å². The first-order valence-electron chi connectivity index (χ1n) is 6.94. The molecule has 0 aliphatic heterocycles. The number of halogens is 1. The van der Waals surface area contributed by atoms with E-state index in [1.165, 1.54) is 19.4 Å². The van der Waals surface area contributed by atoms with Gasteiger partial charge >= 0.3 is 0 Å². The van der Waals surface area contributed by atoms with E-state index in [1.54, 1.807) is 24.3 Å². The summed E-state index contributed by atoms with van der Waals surface area (Å²) in [5.74, 6) is 0.276. The van der Waals surface area contributed by atoms with Crippen LogP contribution in [0.1, 0.15) is 22.8 Å². The zero-order valence-electron chi connectivity index (χ0n) is 12.5. The molecule has 0 atom stereocenters. The highest BCUT2D eigenvalue weighted by atomic mass is 19.1. The number of rotatable bonds is 6. The number of anilines is 1. The monoisotopic (exact) mass is 303 g/mol. The van der Waals surface area contributed by atoms with Crippen molar-refractivity contribution in [3.05, 3.63) is 53.5 Å². The predicted octanol–water partition coefficient (Wildman–Crippen LogP) is 2.59. The number of carbonyl (C=O) groups excluding carboxylic acids is 1. The minimum atomic E-state index is -0.402. The summed E-state index contributed by atoms with van der Waals surface area (Å²) in [6, 6.07) is 8.17. The zero-order chi connectivity index (χ0) is 15.9. The summed E-state index contributed by atoms with van der Waals surface area (Å²) < 4.78 is 18.5. The SMILES string of the molecule is CCNC(=O)c1ccc(NCc2ccc(OC)c(F)c2)nc1. The van der Waals surface area contributed by atoms with Gasteiger partial charge in [-0.25, -0.2) is 9.37 Å². The minimum Gasteiger partial charge on any atom is -0.494 e. The highest BCUT2D eigenvalue weighted by molar-refractivity contribution is 5.93. The molecule has 0 bridgehead atoms. The van der Waals surface area contributed by atoms with Crippen molar-refractivity contribution in [3.8, 4) is 5.75 Å². The molecule has 2 N–H and O–H groups in total. The van der Waals surface area contributed by atoms with Crippen molar-refractivity contribution in [2.75, 3.05) is 19.0 Å². The lowest BCUT2D eigenvalue weighted by atomic mass is 10.2. The lowest BCUT2D eigenvalue weighted by molar-refractivity contribution is 0.0955. The Bertz CT molecular complexity index is 644. The van der Waals surface area contributed by atoms with Crippen LogP contribution in [0.5, 0.6) is 5.75 Å². The normalized spacial score (nSPS) is 10.1. The van der Waals surface area contributed by atoms with Crippen LogP contribution in [-0.4, -0.2) is 24.5 Å². The van der Waals surface area contributed by atoms with Gasteiger partial charge in [0.25, 0.3) is 5.91 Å². The largest absolute Gasteiger partial charge is 0.494 e. The second kappa shape index (κ2) is 7.40. The average molecular weight is 303 g/mol. The van der Waals surface area contributed by atoms with Crippen LogP contribution in [0.3, 0.4) is 0 Å². The number of hydrogen-bond donors (Lipinski definition) is 2. The van der Waals surface area contributed by atoms with E-state index in [-0.39, 0.29) is 11.7 Å². The van der Waals surface area contributed by atoms with Gasteiger partial charge in [-0.15, -0.1) is 0 Å². The number of amides is 1. The minimum absolute atomic E-state index is 0.154. The molecule has 1 aromatic heterocycles. The summed E-state index contributed by atoms with van der Waals surface area (Å²) in [7, 11) is 1.43. The molecule has 0 aliphatic rings. The third kappa shape index (κ3) is 3.94. The lowest BCUT2D eigenvalue weighted by Crippen LogP contribution is -2.22. The van der Waals surface area contributed by atoms with Gasteiger partial charge in [0.1, 0.15) is 5.82 Å². The van der Waals surface area contributed by atoms with Crippen LogP contribution in [0, 0.1) is 5.82 Å². The molecule has 6 heteroatoms. The molecule has 1 aromatic carbocycles. The first kappa shape index (κ1) is 15.8. The van der Waals surface area contributed by atoms with E-state index in [0.717, 1.165) is 5.56 Å². The topological polar surface area (TPSA) is 63.2 Å². The third-order valence-corrected chi connectivity index (χ3v) is 3.05. The van der Waals surface area contributed by atoms with E-state index >= 15 is 0 Å². The van der Waals surface area contributed by atoms with Crippen LogP contribution in [0.2, 0.25) is 0 Å². The Morgan fingerprint density at radius 2 is 2.14 bits per heavy atom. The summed E-state index contributed by atoms with van der Waals surface area (Å²) in [5, 5.41) is 5.78. The van der Waals surface area contributed by atoms with E-state index in [4.69, 9.17) is 4.74 Å². The first-order valence-corrected chi connectivity index (χ1v) is 6.94. The molecule has 1 heterocycles. The van der Waals surface area contributed by atoms with E-state index in [9.17, 15) is 9.18 Å².